The van der Waals surface area contributed by atoms with Gasteiger partial charge in [-0.15, -0.1) is 0 Å². The van der Waals surface area contributed by atoms with Crippen LogP contribution in [0.2, 0.25) is 0 Å². The zero-order chi connectivity index (χ0) is 16.2. The smallest absolute Gasteiger partial charge is 0.408 e. The molecule has 0 heterocycles. The molecule has 0 bridgehead atoms. The lowest BCUT2D eigenvalue weighted by Crippen LogP contribution is -2.56. The molecule has 6 heteroatoms. The van der Waals surface area contributed by atoms with Gasteiger partial charge in [-0.1, -0.05) is 0 Å². The predicted molar refractivity (Wildman–Crippen MR) is 77.3 cm³/mol. The van der Waals surface area contributed by atoms with E-state index in [-0.39, 0.29) is 13.0 Å². The average Bonchev–Trinajstić information content (AvgIpc) is 2.10. The monoisotopic (exact) mass is 288 g/mol. The summed E-state index contributed by atoms with van der Waals surface area (Å²) in [5.41, 5.74) is 3.04. The van der Waals surface area contributed by atoms with Crippen molar-refractivity contribution < 1.29 is 19.1 Å². The fourth-order valence-electron chi connectivity index (χ4n) is 1.42. The van der Waals surface area contributed by atoms with Gasteiger partial charge < -0.3 is 20.5 Å². The molecule has 0 aliphatic carbocycles. The first-order chi connectivity index (χ1) is 8.79. The quantitative estimate of drug-likeness (QED) is 0.772. The first kappa shape index (κ1) is 18.7. The minimum Gasteiger partial charge on any atom is -0.458 e. The first-order valence-corrected chi connectivity index (χ1v) is 6.74. The number of hydrogen-bond donors (Lipinski definition) is 2. The highest BCUT2D eigenvalue weighted by atomic mass is 16.6. The molecule has 0 aromatic carbocycles. The second-order valence-electron chi connectivity index (χ2n) is 7.00. The Morgan fingerprint density at radius 2 is 1.40 bits per heavy atom. The van der Waals surface area contributed by atoms with Crippen molar-refractivity contribution in [3.05, 3.63) is 0 Å². The lowest BCUT2D eigenvalue weighted by molar-refractivity contribution is -0.162. The summed E-state index contributed by atoms with van der Waals surface area (Å²) in [6, 6.07) is 0. The molecule has 0 fully saturated rings. The maximum atomic E-state index is 12.2. The minimum atomic E-state index is -1.20. The van der Waals surface area contributed by atoms with Crippen molar-refractivity contribution in [3.8, 4) is 0 Å². The SMILES string of the molecule is CC(C)(C)OC(=O)NC(C)(CCN)C(=O)OC(C)(C)C. The molecule has 1 amide bonds. The van der Waals surface area contributed by atoms with Crippen LogP contribution in [0.5, 0.6) is 0 Å². The number of hydrogen-bond acceptors (Lipinski definition) is 5. The largest absolute Gasteiger partial charge is 0.458 e. The van der Waals surface area contributed by atoms with Crippen molar-refractivity contribution in [1.82, 2.24) is 5.32 Å². The third-order valence-electron chi connectivity index (χ3n) is 2.27. The van der Waals surface area contributed by atoms with Crippen molar-refractivity contribution in [1.29, 1.82) is 0 Å². The zero-order valence-electron chi connectivity index (χ0n) is 13.6. The summed E-state index contributed by atoms with van der Waals surface area (Å²) in [5.74, 6) is -0.527. The van der Waals surface area contributed by atoms with Crippen molar-refractivity contribution in [2.75, 3.05) is 6.54 Å². The zero-order valence-corrected chi connectivity index (χ0v) is 13.6. The van der Waals surface area contributed by atoms with Crippen LogP contribution < -0.4 is 11.1 Å². The van der Waals surface area contributed by atoms with Crippen molar-refractivity contribution >= 4 is 12.1 Å². The summed E-state index contributed by atoms with van der Waals surface area (Å²) in [7, 11) is 0. The van der Waals surface area contributed by atoms with Crippen LogP contribution in [0.4, 0.5) is 4.79 Å². The Labute approximate surface area is 121 Å². The predicted octanol–water partition coefficient (Wildman–Crippen LogP) is 1.96. The van der Waals surface area contributed by atoms with Gasteiger partial charge in [0.2, 0.25) is 0 Å². The van der Waals surface area contributed by atoms with Crippen molar-refractivity contribution in [3.63, 3.8) is 0 Å². The van der Waals surface area contributed by atoms with Crippen molar-refractivity contribution in [2.24, 2.45) is 5.73 Å². The highest BCUT2D eigenvalue weighted by molar-refractivity contribution is 5.85. The summed E-state index contributed by atoms with van der Waals surface area (Å²) >= 11 is 0. The number of amides is 1. The molecule has 0 aliphatic rings. The van der Waals surface area contributed by atoms with E-state index in [2.05, 4.69) is 5.32 Å². The van der Waals surface area contributed by atoms with Crippen LogP contribution in [0.3, 0.4) is 0 Å². The van der Waals surface area contributed by atoms with E-state index in [1.807, 2.05) is 0 Å². The Balaban J connectivity index is 4.92. The summed E-state index contributed by atoms with van der Waals surface area (Å²) in [4.78, 5) is 24.1. The van der Waals surface area contributed by atoms with E-state index in [4.69, 9.17) is 15.2 Å². The van der Waals surface area contributed by atoms with Crippen LogP contribution in [0.15, 0.2) is 0 Å². The van der Waals surface area contributed by atoms with E-state index in [0.29, 0.717) is 0 Å². The average molecular weight is 288 g/mol. The molecule has 3 N–H and O–H groups in total. The van der Waals surface area contributed by atoms with Gasteiger partial charge in [0.15, 0.2) is 0 Å². The molecule has 20 heavy (non-hydrogen) atoms. The Kier molecular flexibility index (Phi) is 6.02. The van der Waals surface area contributed by atoms with E-state index < -0.39 is 28.8 Å². The van der Waals surface area contributed by atoms with E-state index >= 15 is 0 Å². The lowest BCUT2D eigenvalue weighted by Gasteiger charge is -2.32. The third kappa shape index (κ3) is 7.33. The van der Waals surface area contributed by atoms with Crippen LogP contribution in [-0.2, 0) is 14.3 Å². The Bertz CT molecular complexity index is 355. The second kappa shape index (κ2) is 6.43. The molecule has 1 unspecified atom stereocenters. The van der Waals surface area contributed by atoms with Crippen LogP contribution in [0, 0.1) is 0 Å². The highest BCUT2D eigenvalue weighted by Gasteiger charge is 2.39. The summed E-state index contributed by atoms with van der Waals surface area (Å²) in [6.45, 7) is 12.4. The molecule has 0 rings (SSSR count). The lowest BCUT2D eigenvalue weighted by atomic mass is 9.97. The second-order valence-corrected chi connectivity index (χ2v) is 7.00. The van der Waals surface area contributed by atoms with E-state index in [9.17, 15) is 9.59 Å². The molecular weight excluding hydrogens is 260 g/mol. The number of rotatable bonds is 4. The number of carbonyl (C=O) groups excluding carboxylic acids is 2. The first-order valence-electron chi connectivity index (χ1n) is 6.74. The van der Waals surface area contributed by atoms with Gasteiger partial charge in [0.1, 0.15) is 16.7 Å². The number of nitrogens with two attached hydrogens (primary N) is 1. The number of esters is 1. The molecule has 1 atom stereocenters. The van der Waals surface area contributed by atoms with Crippen LogP contribution in [-0.4, -0.2) is 35.3 Å². The number of alkyl carbamates (subject to hydrolysis) is 1. The fourth-order valence-corrected chi connectivity index (χ4v) is 1.42. The molecule has 0 spiro atoms. The van der Waals surface area contributed by atoms with Gasteiger partial charge in [-0.05, 0) is 61.4 Å². The van der Waals surface area contributed by atoms with Gasteiger partial charge in [0, 0.05) is 0 Å². The van der Waals surface area contributed by atoms with E-state index in [0.717, 1.165) is 0 Å². The van der Waals surface area contributed by atoms with E-state index in [1.165, 1.54) is 0 Å². The van der Waals surface area contributed by atoms with E-state index in [1.54, 1.807) is 48.5 Å². The molecule has 0 aromatic rings. The minimum absolute atomic E-state index is 0.242. The van der Waals surface area contributed by atoms with Crippen LogP contribution in [0.1, 0.15) is 54.9 Å². The maximum absolute atomic E-state index is 12.2. The molecule has 0 radical (unpaired) electrons. The molecule has 0 saturated carbocycles. The normalized spacial score (nSPS) is 15.2. The summed E-state index contributed by atoms with van der Waals surface area (Å²) in [5, 5.41) is 2.56. The highest BCUT2D eigenvalue weighted by Crippen LogP contribution is 2.18. The molecule has 118 valence electrons. The van der Waals surface area contributed by atoms with Crippen LogP contribution in [0.25, 0.3) is 0 Å². The summed E-state index contributed by atoms with van der Waals surface area (Å²) in [6.07, 6.45) is -0.402. The van der Waals surface area contributed by atoms with Gasteiger partial charge >= 0.3 is 12.1 Å². The van der Waals surface area contributed by atoms with Gasteiger partial charge in [0.05, 0.1) is 0 Å². The Morgan fingerprint density at radius 3 is 1.75 bits per heavy atom. The molecule has 6 nitrogen and oxygen atoms in total. The Hall–Kier alpha value is -1.30. The number of ether oxygens (including phenoxy) is 2. The molecule has 0 saturated heterocycles. The topological polar surface area (TPSA) is 90.6 Å². The fraction of sp³-hybridized carbons (Fsp3) is 0.857. The maximum Gasteiger partial charge on any atom is 0.408 e. The molecule has 0 aromatic heterocycles. The third-order valence-corrected chi connectivity index (χ3v) is 2.27. The standard InChI is InChI=1S/C14H28N2O4/c1-12(2,3)19-10(17)14(7,8-9-15)16-11(18)20-13(4,5)6/h8-9,15H2,1-7H3,(H,16,18). The number of carbonyl (C=O) groups is 2. The molecule has 0 aliphatic heterocycles. The summed E-state index contributed by atoms with van der Waals surface area (Å²) < 4.78 is 10.5. The Morgan fingerprint density at radius 1 is 0.950 bits per heavy atom. The van der Waals surface area contributed by atoms with Gasteiger partial charge in [0.25, 0.3) is 0 Å². The van der Waals surface area contributed by atoms with Crippen molar-refractivity contribution in [2.45, 2.75) is 71.6 Å². The number of nitrogens with one attached hydrogen (secondary N) is 1. The van der Waals surface area contributed by atoms with Crippen LogP contribution >= 0.6 is 0 Å². The molecular formula is C14H28N2O4. The van der Waals surface area contributed by atoms with Gasteiger partial charge in [-0.2, -0.15) is 0 Å². The van der Waals surface area contributed by atoms with Gasteiger partial charge in [-0.25, -0.2) is 9.59 Å². The van der Waals surface area contributed by atoms with Gasteiger partial charge in [-0.3, -0.25) is 0 Å².